The van der Waals surface area contributed by atoms with Gasteiger partial charge in [0.25, 0.3) is 0 Å². The topological polar surface area (TPSA) is 0 Å². The molecule has 1 unspecified atom stereocenters. The third-order valence-corrected chi connectivity index (χ3v) is 3.05. The summed E-state index contributed by atoms with van der Waals surface area (Å²) in [5.41, 5.74) is 2.86. The Morgan fingerprint density at radius 1 is 1.41 bits per heavy atom. The first-order valence-electron chi connectivity index (χ1n) is 6.20. The molecule has 0 bridgehead atoms. The van der Waals surface area contributed by atoms with Crippen molar-refractivity contribution in [2.75, 3.05) is 0 Å². The largest absolute Gasteiger partial charge is 0.0991 e. The molecule has 0 radical (unpaired) electrons. The first-order valence-corrected chi connectivity index (χ1v) is 6.20. The molecule has 0 aromatic carbocycles. The smallest absolute Gasteiger partial charge is 0.0128 e. The van der Waals surface area contributed by atoms with Gasteiger partial charge in [-0.1, -0.05) is 72.9 Å². The number of allylic oxidation sites excluding steroid dienone is 10. The number of rotatable bonds is 7. The Kier molecular flexibility index (Phi) is 6.09. The van der Waals surface area contributed by atoms with Crippen LogP contribution in [0.4, 0.5) is 0 Å². The Balaban J connectivity index is 2.66. The zero-order valence-electron chi connectivity index (χ0n) is 10.7. The van der Waals surface area contributed by atoms with Crippen LogP contribution in [-0.2, 0) is 0 Å². The SMILES string of the molecule is C=C/C=C\CC(CC1=CCC=C1)/C(C)=C/C=C. The molecule has 0 heteroatoms. The quantitative estimate of drug-likeness (QED) is 0.527. The maximum atomic E-state index is 3.77. The fourth-order valence-electron chi connectivity index (χ4n) is 2.03. The van der Waals surface area contributed by atoms with E-state index in [-0.39, 0.29) is 0 Å². The van der Waals surface area contributed by atoms with Crippen molar-refractivity contribution in [1.29, 1.82) is 0 Å². The Hall–Kier alpha value is -1.56. The maximum absolute atomic E-state index is 3.77. The third kappa shape index (κ3) is 4.86. The fourth-order valence-corrected chi connectivity index (χ4v) is 2.03. The van der Waals surface area contributed by atoms with Crippen molar-refractivity contribution in [1.82, 2.24) is 0 Å². The standard InChI is InChI=1S/C17H22/c1-4-6-7-13-17(15(3)10-5-2)14-16-11-8-9-12-16/h4-8,10-12,17H,1-2,9,13-14H2,3H3/b7-6-,15-10+. The Labute approximate surface area is 105 Å². The van der Waals surface area contributed by atoms with Crippen LogP contribution in [0.25, 0.3) is 0 Å². The molecule has 0 N–H and O–H groups in total. The molecule has 1 aliphatic carbocycles. The highest BCUT2D eigenvalue weighted by Gasteiger charge is 2.11. The molecule has 1 aliphatic rings. The second-order valence-electron chi connectivity index (χ2n) is 4.36. The molecule has 0 nitrogen and oxygen atoms in total. The van der Waals surface area contributed by atoms with E-state index in [2.05, 4.69) is 50.5 Å². The van der Waals surface area contributed by atoms with Crippen molar-refractivity contribution in [2.24, 2.45) is 5.92 Å². The molecular weight excluding hydrogens is 204 g/mol. The predicted molar refractivity (Wildman–Crippen MR) is 77.9 cm³/mol. The van der Waals surface area contributed by atoms with E-state index in [4.69, 9.17) is 0 Å². The van der Waals surface area contributed by atoms with Crippen LogP contribution in [0.1, 0.15) is 26.2 Å². The minimum atomic E-state index is 0.568. The maximum Gasteiger partial charge on any atom is -0.0128 e. The van der Waals surface area contributed by atoms with Crippen LogP contribution in [0, 0.1) is 5.92 Å². The van der Waals surface area contributed by atoms with E-state index >= 15 is 0 Å². The Morgan fingerprint density at radius 3 is 2.82 bits per heavy atom. The molecule has 1 rings (SSSR count). The molecule has 0 aromatic heterocycles. The van der Waals surface area contributed by atoms with Crippen LogP contribution in [0.5, 0.6) is 0 Å². The molecule has 0 fully saturated rings. The highest BCUT2D eigenvalue weighted by molar-refractivity contribution is 5.28. The molecule has 0 aliphatic heterocycles. The summed E-state index contributed by atoms with van der Waals surface area (Å²) in [7, 11) is 0. The van der Waals surface area contributed by atoms with E-state index in [1.54, 1.807) is 0 Å². The van der Waals surface area contributed by atoms with E-state index in [9.17, 15) is 0 Å². The van der Waals surface area contributed by atoms with Gasteiger partial charge in [-0.25, -0.2) is 0 Å². The molecule has 0 heterocycles. The number of hydrogen-bond donors (Lipinski definition) is 0. The van der Waals surface area contributed by atoms with Crippen LogP contribution in [0.3, 0.4) is 0 Å². The van der Waals surface area contributed by atoms with Gasteiger partial charge in [-0.3, -0.25) is 0 Å². The summed E-state index contributed by atoms with van der Waals surface area (Å²) in [4.78, 5) is 0. The average Bonchev–Trinajstić information content (AvgIpc) is 2.81. The summed E-state index contributed by atoms with van der Waals surface area (Å²) in [5, 5.41) is 0. The highest BCUT2D eigenvalue weighted by atomic mass is 14.2. The summed E-state index contributed by atoms with van der Waals surface area (Å²) >= 11 is 0. The molecule has 17 heavy (non-hydrogen) atoms. The lowest BCUT2D eigenvalue weighted by Gasteiger charge is -2.16. The van der Waals surface area contributed by atoms with Gasteiger partial charge in [-0.2, -0.15) is 0 Å². The van der Waals surface area contributed by atoms with Crippen molar-refractivity contribution in [3.8, 4) is 0 Å². The van der Waals surface area contributed by atoms with Crippen LogP contribution in [0.15, 0.2) is 72.9 Å². The summed E-state index contributed by atoms with van der Waals surface area (Å²) < 4.78 is 0. The van der Waals surface area contributed by atoms with E-state index in [1.165, 1.54) is 11.1 Å². The average molecular weight is 226 g/mol. The minimum absolute atomic E-state index is 0.568. The Morgan fingerprint density at radius 2 is 2.24 bits per heavy atom. The van der Waals surface area contributed by atoms with Gasteiger partial charge < -0.3 is 0 Å². The summed E-state index contributed by atoms with van der Waals surface area (Å²) in [6, 6.07) is 0. The fraction of sp³-hybridized carbons (Fsp3) is 0.294. The normalized spacial score (nSPS) is 17.2. The first-order chi connectivity index (χ1) is 8.27. The van der Waals surface area contributed by atoms with Crippen LogP contribution < -0.4 is 0 Å². The molecular formula is C17H22. The molecule has 90 valence electrons. The van der Waals surface area contributed by atoms with Gasteiger partial charge in [0.1, 0.15) is 0 Å². The molecule has 0 spiro atoms. The van der Waals surface area contributed by atoms with Gasteiger partial charge in [0.15, 0.2) is 0 Å². The molecule has 0 aromatic rings. The molecule has 0 saturated heterocycles. The van der Waals surface area contributed by atoms with Crippen molar-refractivity contribution in [3.63, 3.8) is 0 Å². The minimum Gasteiger partial charge on any atom is -0.0991 e. The van der Waals surface area contributed by atoms with Gasteiger partial charge >= 0.3 is 0 Å². The molecule has 1 atom stereocenters. The van der Waals surface area contributed by atoms with Crippen molar-refractivity contribution in [2.45, 2.75) is 26.2 Å². The summed E-state index contributed by atoms with van der Waals surface area (Å²) in [6.07, 6.45) is 20.1. The Bertz CT molecular complexity index is 375. The van der Waals surface area contributed by atoms with E-state index in [0.717, 1.165) is 19.3 Å². The summed E-state index contributed by atoms with van der Waals surface area (Å²) in [6.45, 7) is 9.66. The van der Waals surface area contributed by atoms with Crippen molar-refractivity contribution < 1.29 is 0 Å². The van der Waals surface area contributed by atoms with Crippen LogP contribution >= 0.6 is 0 Å². The second kappa shape index (κ2) is 7.67. The van der Waals surface area contributed by atoms with E-state index in [0.29, 0.717) is 5.92 Å². The van der Waals surface area contributed by atoms with Gasteiger partial charge in [0.2, 0.25) is 0 Å². The van der Waals surface area contributed by atoms with Crippen molar-refractivity contribution in [3.05, 3.63) is 72.9 Å². The monoisotopic (exact) mass is 226 g/mol. The van der Waals surface area contributed by atoms with E-state index < -0.39 is 0 Å². The molecule has 0 saturated carbocycles. The van der Waals surface area contributed by atoms with Crippen LogP contribution in [-0.4, -0.2) is 0 Å². The lowest BCUT2D eigenvalue weighted by molar-refractivity contribution is 0.622. The highest BCUT2D eigenvalue weighted by Crippen LogP contribution is 2.26. The first kappa shape index (κ1) is 13.5. The van der Waals surface area contributed by atoms with Crippen molar-refractivity contribution >= 4 is 0 Å². The molecule has 0 amide bonds. The van der Waals surface area contributed by atoms with Crippen LogP contribution in [0.2, 0.25) is 0 Å². The van der Waals surface area contributed by atoms with Gasteiger partial charge in [0, 0.05) is 0 Å². The lowest BCUT2D eigenvalue weighted by Crippen LogP contribution is -2.02. The second-order valence-corrected chi connectivity index (χ2v) is 4.36. The zero-order chi connectivity index (χ0) is 12.5. The van der Waals surface area contributed by atoms with Gasteiger partial charge in [-0.15, -0.1) is 0 Å². The van der Waals surface area contributed by atoms with Gasteiger partial charge in [0.05, 0.1) is 0 Å². The zero-order valence-corrected chi connectivity index (χ0v) is 10.7. The van der Waals surface area contributed by atoms with Gasteiger partial charge in [-0.05, 0) is 32.1 Å². The lowest BCUT2D eigenvalue weighted by atomic mass is 9.89. The predicted octanol–water partition coefficient (Wildman–Crippen LogP) is 5.14. The summed E-state index contributed by atoms with van der Waals surface area (Å²) in [5.74, 6) is 0.568. The number of hydrogen-bond acceptors (Lipinski definition) is 0. The van der Waals surface area contributed by atoms with E-state index in [1.807, 2.05) is 18.2 Å². The third-order valence-electron chi connectivity index (χ3n) is 3.05.